The Morgan fingerprint density at radius 2 is 1.74 bits per heavy atom. The summed E-state index contributed by atoms with van der Waals surface area (Å²) in [4.78, 5) is 17.9. The zero-order valence-corrected chi connectivity index (χ0v) is 13.4. The Bertz CT molecular complexity index is 622. The van der Waals surface area contributed by atoms with E-state index in [2.05, 4.69) is 30.8 Å². The molecule has 2 aliphatic heterocycles. The zero-order valence-electron chi connectivity index (χ0n) is 13.4. The first-order valence-electron chi connectivity index (χ1n) is 8.46. The number of anilines is 1. The maximum atomic E-state index is 4.39. The molecule has 120 valence electrons. The molecule has 4 rings (SSSR count). The van der Waals surface area contributed by atoms with Gasteiger partial charge in [-0.05, 0) is 48.9 Å². The lowest BCUT2D eigenvalue weighted by molar-refractivity contribution is 0.205. The Morgan fingerprint density at radius 1 is 0.957 bits per heavy atom. The minimum Gasteiger partial charge on any atom is -0.341 e. The molecule has 0 amide bonds. The molecule has 2 saturated heterocycles. The normalized spacial score (nSPS) is 21.0. The van der Waals surface area contributed by atoms with E-state index in [1.54, 1.807) is 0 Å². The molecule has 0 saturated carbocycles. The Hall–Kier alpha value is -2.01. The number of likely N-dealkylation sites (tertiary alicyclic amines) is 1. The van der Waals surface area contributed by atoms with E-state index in [1.807, 2.05) is 36.9 Å². The van der Waals surface area contributed by atoms with E-state index in [-0.39, 0.29) is 0 Å². The second kappa shape index (κ2) is 6.24. The molecular formula is C18H23N5. The van der Waals surface area contributed by atoms with Gasteiger partial charge in [0.25, 0.3) is 0 Å². The fourth-order valence-electron chi connectivity index (χ4n) is 3.96. The average Bonchev–Trinajstić information content (AvgIpc) is 2.99. The number of nitrogens with zero attached hydrogens (tertiary/aromatic N) is 5. The Labute approximate surface area is 137 Å². The van der Waals surface area contributed by atoms with Crippen molar-refractivity contribution in [2.75, 3.05) is 31.1 Å². The fraction of sp³-hybridized carbons (Fsp3) is 0.500. The largest absolute Gasteiger partial charge is 0.341 e. The number of hydrogen-bond acceptors (Lipinski definition) is 5. The first kappa shape index (κ1) is 14.6. The second-order valence-electron chi connectivity index (χ2n) is 6.86. The first-order valence-corrected chi connectivity index (χ1v) is 8.46. The van der Waals surface area contributed by atoms with Gasteiger partial charge >= 0.3 is 0 Å². The van der Waals surface area contributed by atoms with Gasteiger partial charge in [-0.3, -0.25) is 9.88 Å². The quantitative estimate of drug-likeness (QED) is 0.871. The lowest BCUT2D eigenvalue weighted by Crippen LogP contribution is -2.42. The highest BCUT2D eigenvalue weighted by Gasteiger charge is 2.40. The van der Waals surface area contributed by atoms with Crippen LogP contribution in [0.3, 0.4) is 0 Å². The summed E-state index contributed by atoms with van der Waals surface area (Å²) in [5.74, 6) is 0.882. The van der Waals surface area contributed by atoms with Crippen molar-refractivity contribution >= 4 is 5.95 Å². The summed E-state index contributed by atoms with van der Waals surface area (Å²) in [6.07, 6.45) is 11.3. The molecule has 5 heteroatoms. The Balaban J connectivity index is 1.35. The van der Waals surface area contributed by atoms with Gasteiger partial charge < -0.3 is 4.90 Å². The van der Waals surface area contributed by atoms with Gasteiger partial charge in [0.15, 0.2) is 0 Å². The third-order valence-electron chi connectivity index (χ3n) is 5.31. The molecule has 23 heavy (non-hydrogen) atoms. The monoisotopic (exact) mass is 309 g/mol. The minimum atomic E-state index is 0.494. The summed E-state index contributed by atoms with van der Waals surface area (Å²) < 4.78 is 0. The van der Waals surface area contributed by atoms with E-state index in [4.69, 9.17) is 0 Å². The topological polar surface area (TPSA) is 45.2 Å². The van der Waals surface area contributed by atoms with Gasteiger partial charge in [-0.25, -0.2) is 9.97 Å². The molecule has 2 aromatic rings. The number of rotatable bonds is 3. The van der Waals surface area contributed by atoms with E-state index < -0.39 is 0 Å². The summed E-state index contributed by atoms with van der Waals surface area (Å²) in [6, 6.07) is 6.08. The van der Waals surface area contributed by atoms with Crippen LogP contribution >= 0.6 is 0 Å². The summed E-state index contributed by atoms with van der Waals surface area (Å²) in [7, 11) is 0. The average molecular weight is 309 g/mol. The number of hydrogen-bond donors (Lipinski definition) is 0. The van der Waals surface area contributed by atoms with Crippen molar-refractivity contribution < 1.29 is 0 Å². The molecule has 0 N–H and O–H groups in total. The van der Waals surface area contributed by atoms with E-state index in [0.717, 1.165) is 25.6 Å². The molecule has 5 nitrogen and oxygen atoms in total. The van der Waals surface area contributed by atoms with E-state index >= 15 is 0 Å². The van der Waals surface area contributed by atoms with Crippen LogP contribution in [0.25, 0.3) is 0 Å². The summed E-state index contributed by atoms with van der Waals surface area (Å²) in [5, 5.41) is 0. The van der Waals surface area contributed by atoms with Crippen LogP contribution < -0.4 is 4.90 Å². The van der Waals surface area contributed by atoms with Crippen LogP contribution in [0.5, 0.6) is 0 Å². The summed E-state index contributed by atoms with van der Waals surface area (Å²) in [6.45, 7) is 5.60. The van der Waals surface area contributed by atoms with Crippen LogP contribution in [0.2, 0.25) is 0 Å². The predicted molar refractivity (Wildman–Crippen MR) is 90.0 cm³/mol. The Morgan fingerprint density at radius 3 is 2.48 bits per heavy atom. The molecule has 0 aromatic carbocycles. The maximum absolute atomic E-state index is 4.39. The number of pyridine rings is 1. The highest BCUT2D eigenvalue weighted by atomic mass is 15.3. The van der Waals surface area contributed by atoms with Crippen LogP contribution in [0.4, 0.5) is 5.95 Å². The smallest absolute Gasteiger partial charge is 0.225 e. The number of piperidine rings is 1. The molecule has 0 radical (unpaired) electrons. The van der Waals surface area contributed by atoms with Crippen LogP contribution in [0.1, 0.15) is 24.8 Å². The maximum Gasteiger partial charge on any atom is 0.225 e. The molecule has 4 heterocycles. The van der Waals surface area contributed by atoms with Crippen molar-refractivity contribution in [1.82, 2.24) is 19.9 Å². The third-order valence-corrected chi connectivity index (χ3v) is 5.31. The SMILES string of the molecule is c1cnc(N2CCC3(CCN(Cc4cccnc4)C3)CC2)nc1. The molecule has 0 bridgehead atoms. The Kier molecular flexibility index (Phi) is 3.95. The van der Waals surface area contributed by atoms with E-state index in [9.17, 15) is 0 Å². The van der Waals surface area contributed by atoms with Gasteiger partial charge in [0, 0.05) is 51.0 Å². The summed E-state index contributed by atoms with van der Waals surface area (Å²) in [5.41, 5.74) is 1.81. The minimum absolute atomic E-state index is 0.494. The van der Waals surface area contributed by atoms with Crippen molar-refractivity contribution in [3.8, 4) is 0 Å². The first-order chi connectivity index (χ1) is 11.3. The lowest BCUT2D eigenvalue weighted by Gasteiger charge is -2.39. The molecule has 0 aliphatic carbocycles. The van der Waals surface area contributed by atoms with Gasteiger partial charge in [-0.1, -0.05) is 6.07 Å². The molecule has 2 aromatic heterocycles. The van der Waals surface area contributed by atoms with Crippen molar-refractivity contribution in [3.05, 3.63) is 48.5 Å². The molecular weight excluding hydrogens is 286 g/mol. The van der Waals surface area contributed by atoms with Gasteiger partial charge in [0.05, 0.1) is 0 Å². The predicted octanol–water partition coefficient (Wildman–Crippen LogP) is 2.36. The number of aromatic nitrogens is 3. The van der Waals surface area contributed by atoms with Gasteiger partial charge in [-0.2, -0.15) is 0 Å². The molecule has 2 fully saturated rings. The van der Waals surface area contributed by atoms with Crippen molar-refractivity contribution in [2.45, 2.75) is 25.8 Å². The van der Waals surface area contributed by atoms with Crippen molar-refractivity contribution in [1.29, 1.82) is 0 Å². The van der Waals surface area contributed by atoms with Crippen molar-refractivity contribution in [3.63, 3.8) is 0 Å². The lowest BCUT2D eigenvalue weighted by atomic mass is 9.78. The van der Waals surface area contributed by atoms with Gasteiger partial charge in [0.1, 0.15) is 0 Å². The fourth-order valence-corrected chi connectivity index (χ4v) is 3.96. The highest BCUT2D eigenvalue weighted by molar-refractivity contribution is 5.29. The van der Waals surface area contributed by atoms with Crippen LogP contribution in [0, 0.1) is 5.41 Å². The van der Waals surface area contributed by atoms with Crippen LogP contribution in [0.15, 0.2) is 43.0 Å². The zero-order chi connectivity index (χ0) is 15.5. The third kappa shape index (κ3) is 3.20. The molecule has 2 aliphatic rings. The van der Waals surface area contributed by atoms with Gasteiger partial charge in [0.2, 0.25) is 5.95 Å². The van der Waals surface area contributed by atoms with E-state index in [1.165, 1.54) is 37.9 Å². The second-order valence-corrected chi connectivity index (χ2v) is 6.86. The van der Waals surface area contributed by atoms with Crippen LogP contribution in [-0.2, 0) is 6.54 Å². The summed E-state index contributed by atoms with van der Waals surface area (Å²) >= 11 is 0. The van der Waals surface area contributed by atoms with Gasteiger partial charge in [-0.15, -0.1) is 0 Å². The highest BCUT2D eigenvalue weighted by Crippen LogP contribution is 2.41. The standard InChI is InChI=1S/C18H23N5/c1-3-16(13-19-7-1)14-22-10-4-18(15-22)5-11-23(12-6-18)17-20-8-2-9-21-17/h1-3,7-9,13H,4-6,10-12,14-15H2. The van der Waals surface area contributed by atoms with Crippen LogP contribution in [-0.4, -0.2) is 46.0 Å². The molecule has 1 spiro atoms. The van der Waals surface area contributed by atoms with E-state index in [0.29, 0.717) is 5.41 Å². The molecule has 0 atom stereocenters. The van der Waals surface area contributed by atoms with Crippen molar-refractivity contribution in [2.24, 2.45) is 5.41 Å². The molecule has 0 unspecified atom stereocenters.